The van der Waals surface area contributed by atoms with Crippen molar-refractivity contribution < 1.29 is 4.57 Å². The first-order valence-electron chi connectivity index (χ1n) is 4.23. The Morgan fingerprint density at radius 2 is 1.85 bits per heavy atom. The van der Waals surface area contributed by atoms with Crippen LogP contribution in [0.1, 0.15) is 5.69 Å². The lowest BCUT2D eigenvalue weighted by atomic mass is 10.2. The fourth-order valence-corrected chi connectivity index (χ4v) is 1.63. The van der Waals surface area contributed by atoms with E-state index in [1.807, 2.05) is 25.2 Å². The molecule has 0 saturated heterocycles. The van der Waals surface area contributed by atoms with Crippen molar-refractivity contribution in [1.29, 1.82) is 0 Å². The van der Waals surface area contributed by atoms with Gasteiger partial charge in [0.2, 0.25) is 5.52 Å². The molecule has 0 amide bonds. The average molecular weight is 193 g/mol. The van der Waals surface area contributed by atoms with Crippen molar-refractivity contribution in [1.82, 2.24) is 0 Å². The summed E-state index contributed by atoms with van der Waals surface area (Å²) in [6, 6.07) is 10.2. The fourth-order valence-electron chi connectivity index (χ4n) is 1.46. The molecule has 0 unspecified atom stereocenters. The molecule has 66 valence electrons. The van der Waals surface area contributed by atoms with Crippen molar-refractivity contribution >= 4 is 22.5 Å². The summed E-state index contributed by atoms with van der Waals surface area (Å²) in [5, 5.41) is 2.01. The van der Waals surface area contributed by atoms with Crippen molar-refractivity contribution in [2.45, 2.75) is 6.92 Å². The van der Waals surface area contributed by atoms with Gasteiger partial charge in [-0.05, 0) is 18.2 Å². The Balaban J connectivity index is 2.89. The van der Waals surface area contributed by atoms with Gasteiger partial charge in [-0.15, -0.1) is 0 Å². The maximum atomic E-state index is 5.93. The van der Waals surface area contributed by atoms with Crippen LogP contribution < -0.4 is 4.57 Å². The lowest BCUT2D eigenvalue weighted by Crippen LogP contribution is -2.32. The van der Waals surface area contributed by atoms with Crippen LogP contribution in [0.15, 0.2) is 30.3 Å². The van der Waals surface area contributed by atoms with Crippen LogP contribution in [0.2, 0.25) is 5.02 Å². The molecule has 1 heterocycles. The molecular weight excluding hydrogens is 182 g/mol. The van der Waals surface area contributed by atoms with E-state index in [1.165, 1.54) is 16.6 Å². The Morgan fingerprint density at radius 1 is 1.15 bits per heavy atom. The highest BCUT2D eigenvalue weighted by molar-refractivity contribution is 6.31. The minimum Gasteiger partial charge on any atom is -0.199 e. The summed E-state index contributed by atoms with van der Waals surface area (Å²) in [7, 11) is 2.05. The first-order chi connectivity index (χ1) is 6.18. The molecule has 0 spiro atoms. The molecule has 0 aliphatic rings. The fraction of sp³-hybridized carbons (Fsp3) is 0.182. The molecule has 0 atom stereocenters. The molecule has 1 aromatic heterocycles. The van der Waals surface area contributed by atoms with Crippen molar-refractivity contribution in [2.24, 2.45) is 7.05 Å². The van der Waals surface area contributed by atoms with Gasteiger partial charge in [-0.25, -0.2) is 0 Å². The Morgan fingerprint density at radius 3 is 2.62 bits per heavy atom. The monoisotopic (exact) mass is 192 g/mol. The molecule has 0 saturated carbocycles. The van der Waals surface area contributed by atoms with Gasteiger partial charge in [0.1, 0.15) is 7.05 Å². The van der Waals surface area contributed by atoms with Crippen LogP contribution in [0.5, 0.6) is 0 Å². The molecule has 0 aliphatic heterocycles. The molecule has 2 aromatic rings. The first kappa shape index (κ1) is 8.52. The molecule has 13 heavy (non-hydrogen) atoms. The second kappa shape index (κ2) is 3.00. The van der Waals surface area contributed by atoms with E-state index in [0.717, 1.165) is 5.02 Å². The van der Waals surface area contributed by atoms with Crippen molar-refractivity contribution in [3.05, 3.63) is 41.0 Å². The number of nitrogens with zero attached hydrogens (tertiary/aromatic N) is 1. The smallest absolute Gasteiger partial charge is 0.199 e. The number of hydrogen-bond acceptors (Lipinski definition) is 0. The average Bonchev–Trinajstić information content (AvgIpc) is 2.12. The van der Waals surface area contributed by atoms with Gasteiger partial charge >= 0.3 is 0 Å². The molecule has 0 fully saturated rings. The van der Waals surface area contributed by atoms with Gasteiger partial charge in [0.25, 0.3) is 0 Å². The van der Waals surface area contributed by atoms with Gasteiger partial charge in [-0.1, -0.05) is 11.6 Å². The van der Waals surface area contributed by atoms with Gasteiger partial charge < -0.3 is 0 Å². The van der Waals surface area contributed by atoms with Crippen LogP contribution in [0.3, 0.4) is 0 Å². The largest absolute Gasteiger partial charge is 0.213 e. The van der Waals surface area contributed by atoms with Gasteiger partial charge in [0, 0.05) is 29.5 Å². The third-order valence-corrected chi connectivity index (χ3v) is 2.62. The molecule has 0 aliphatic carbocycles. The predicted octanol–water partition coefficient (Wildman–Crippen LogP) is 2.63. The summed E-state index contributed by atoms with van der Waals surface area (Å²) >= 11 is 5.93. The standard InChI is InChI=1S/C11H11ClN/c1-8-3-4-9-5-6-10(12)7-11(9)13(8)2/h3-7H,1-2H3/q+1. The van der Waals surface area contributed by atoms with Crippen molar-refractivity contribution in [2.75, 3.05) is 0 Å². The van der Waals surface area contributed by atoms with Crippen LogP contribution in [-0.2, 0) is 7.05 Å². The van der Waals surface area contributed by atoms with Gasteiger partial charge in [-0.2, -0.15) is 4.57 Å². The van der Waals surface area contributed by atoms with E-state index in [1.54, 1.807) is 0 Å². The van der Waals surface area contributed by atoms with Gasteiger partial charge in [0.15, 0.2) is 5.69 Å². The zero-order valence-corrected chi connectivity index (χ0v) is 8.47. The van der Waals surface area contributed by atoms with Crippen LogP contribution in [0.25, 0.3) is 10.9 Å². The highest BCUT2D eigenvalue weighted by atomic mass is 35.5. The molecule has 1 nitrogen and oxygen atoms in total. The Hall–Kier alpha value is -1.08. The summed E-state index contributed by atoms with van der Waals surface area (Å²) in [6.45, 7) is 2.08. The maximum absolute atomic E-state index is 5.93. The second-order valence-electron chi connectivity index (χ2n) is 3.24. The molecule has 2 rings (SSSR count). The number of fused-ring (bicyclic) bond motifs is 1. The zero-order chi connectivity index (χ0) is 9.42. The Bertz CT molecular complexity index is 458. The van der Waals surface area contributed by atoms with E-state index in [9.17, 15) is 0 Å². The summed E-state index contributed by atoms with van der Waals surface area (Å²) < 4.78 is 2.14. The quantitative estimate of drug-likeness (QED) is 0.565. The molecule has 2 heteroatoms. The van der Waals surface area contributed by atoms with E-state index in [2.05, 4.69) is 23.6 Å². The van der Waals surface area contributed by atoms with E-state index < -0.39 is 0 Å². The number of halogens is 1. The Kier molecular flexibility index (Phi) is 1.97. The van der Waals surface area contributed by atoms with E-state index in [4.69, 9.17) is 11.6 Å². The minimum absolute atomic E-state index is 0.786. The maximum Gasteiger partial charge on any atom is 0.213 e. The number of hydrogen-bond donors (Lipinski definition) is 0. The van der Waals surface area contributed by atoms with E-state index in [-0.39, 0.29) is 0 Å². The van der Waals surface area contributed by atoms with Crippen molar-refractivity contribution in [3.8, 4) is 0 Å². The molecule has 0 bridgehead atoms. The molecule has 0 radical (unpaired) electrons. The number of rotatable bonds is 0. The summed E-state index contributed by atoms with van der Waals surface area (Å²) in [5.41, 5.74) is 2.40. The number of aryl methyl sites for hydroxylation is 2. The lowest BCUT2D eigenvalue weighted by Gasteiger charge is -1.99. The summed E-state index contributed by atoms with van der Waals surface area (Å²) in [4.78, 5) is 0. The van der Waals surface area contributed by atoms with Gasteiger partial charge in [0.05, 0.1) is 0 Å². The molecule has 1 aromatic carbocycles. The van der Waals surface area contributed by atoms with Gasteiger partial charge in [-0.3, -0.25) is 0 Å². The lowest BCUT2D eigenvalue weighted by molar-refractivity contribution is -0.651. The normalized spacial score (nSPS) is 10.7. The number of pyridine rings is 1. The van der Waals surface area contributed by atoms with E-state index in [0.29, 0.717) is 0 Å². The summed E-state index contributed by atoms with van der Waals surface area (Å²) in [6.07, 6.45) is 0. The molecule has 0 N–H and O–H groups in total. The first-order valence-corrected chi connectivity index (χ1v) is 4.61. The number of benzene rings is 1. The third kappa shape index (κ3) is 1.40. The topological polar surface area (TPSA) is 3.88 Å². The summed E-state index contributed by atoms with van der Waals surface area (Å²) in [5.74, 6) is 0. The highest BCUT2D eigenvalue weighted by Gasteiger charge is 2.07. The van der Waals surface area contributed by atoms with Crippen LogP contribution >= 0.6 is 11.6 Å². The Labute approximate surface area is 82.6 Å². The van der Waals surface area contributed by atoms with Crippen molar-refractivity contribution in [3.63, 3.8) is 0 Å². The number of aromatic nitrogens is 1. The second-order valence-corrected chi connectivity index (χ2v) is 3.67. The van der Waals surface area contributed by atoms with Crippen LogP contribution in [0, 0.1) is 6.92 Å². The van der Waals surface area contributed by atoms with Crippen LogP contribution in [0.4, 0.5) is 0 Å². The van der Waals surface area contributed by atoms with Crippen LogP contribution in [-0.4, -0.2) is 0 Å². The minimum atomic E-state index is 0.786. The SMILES string of the molecule is Cc1ccc2ccc(Cl)cc2[n+]1C. The predicted molar refractivity (Wildman–Crippen MR) is 54.9 cm³/mol. The third-order valence-electron chi connectivity index (χ3n) is 2.39. The van der Waals surface area contributed by atoms with E-state index >= 15 is 0 Å². The zero-order valence-electron chi connectivity index (χ0n) is 7.71. The molecular formula is C11H11ClN+. The highest BCUT2D eigenvalue weighted by Crippen LogP contribution is 2.16.